The molecular formula is C24H32FN3O5S. The molecule has 2 amide bonds. The number of anilines is 1. The number of methoxy groups -OCH3 is 1. The van der Waals surface area contributed by atoms with Crippen LogP contribution in [0.25, 0.3) is 0 Å². The molecule has 1 unspecified atom stereocenters. The van der Waals surface area contributed by atoms with Gasteiger partial charge >= 0.3 is 0 Å². The highest BCUT2D eigenvalue weighted by Gasteiger charge is 2.32. The standard InChI is InChI=1S/C24H32FN3O5S/c1-6-22(24(30)26-17(2)3)27(15-18-8-7-9-21(14-18)33-4)23(29)16-28(34(5,31)32)20-12-10-19(25)11-13-20/h7-14,17,22H,6,15-16H2,1-5H3,(H,26,30). The van der Waals surface area contributed by atoms with Crippen LogP contribution in [0.2, 0.25) is 0 Å². The predicted molar refractivity (Wildman–Crippen MR) is 129 cm³/mol. The lowest BCUT2D eigenvalue weighted by molar-refractivity contribution is -0.140. The third kappa shape index (κ3) is 7.44. The Morgan fingerprint density at radius 1 is 1.12 bits per heavy atom. The number of sulfonamides is 1. The number of amides is 2. The first-order valence-electron chi connectivity index (χ1n) is 10.9. The molecule has 0 bridgehead atoms. The van der Waals surface area contributed by atoms with Crippen LogP contribution in [0, 0.1) is 5.82 Å². The molecule has 0 aliphatic heterocycles. The van der Waals surface area contributed by atoms with Crippen molar-refractivity contribution in [1.82, 2.24) is 10.2 Å². The number of carbonyl (C=O) groups is 2. The van der Waals surface area contributed by atoms with Crippen LogP contribution in [0.5, 0.6) is 5.75 Å². The maximum absolute atomic E-state index is 13.5. The number of hydrogen-bond acceptors (Lipinski definition) is 5. The molecule has 186 valence electrons. The lowest BCUT2D eigenvalue weighted by Crippen LogP contribution is -2.53. The van der Waals surface area contributed by atoms with Crippen molar-refractivity contribution in [3.63, 3.8) is 0 Å². The van der Waals surface area contributed by atoms with Crippen LogP contribution in [0.4, 0.5) is 10.1 Å². The Morgan fingerprint density at radius 2 is 1.76 bits per heavy atom. The Kier molecular flexibility index (Phi) is 9.43. The SMILES string of the molecule is CCC(C(=O)NC(C)C)N(Cc1cccc(OC)c1)C(=O)CN(c1ccc(F)cc1)S(C)(=O)=O. The molecule has 10 heteroatoms. The van der Waals surface area contributed by atoms with Gasteiger partial charge in [0.25, 0.3) is 0 Å². The van der Waals surface area contributed by atoms with Gasteiger partial charge in [-0.2, -0.15) is 0 Å². The summed E-state index contributed by atoms with van der Waals surface area (Å²) in [5.41, 5.74) is 0.870. The van der Waals surface area contributed by atoms with Crippen molar-refractivity contribution in [2.75, 3.05) is 24.2 Å². The zero-order chi connectivity index (χ0) is 25.5. The van der Waals surface area contributed by atoms with E-state index in [0.717, 1.165) is 28.3 Å². The smallest absolute Gasteiger partial charge is 0.244 e. The maximum atomic E-state index is 13.5. The van der Waals surface area contributed by atoms with Crippen molar-refractivity contribution in [3.8, 4) is 5.75 Å². The number of carbonyl (C=O) groups excluding carboxylic acids is 2. The molecule has 8 nitrogen and oxygen atoms in total. The van der Waals surface area contributed by atoms with Gasteiger partial charge < -0.3 is 15.0 Å². The first-order valence-corrected chi connectivity index (χ1v) is 12.8. The van der Waals surface area contributed by atoms with Crippen LogP contribution >= 0.6 is 0 Å². The topological polar surface area (TPSA) is 96.0 Å². The van der Waals surface area contributed by atoms with Crippen LogP contribution in [0.1, 0.15) is 32.8 Å². The van der Waals surface area contributed by atoms with Gasteiger partial charge in [0.2, 0.25) is 21.8 Å². The Hall–Kier alpha value is -3.14. The molecule has 0 saturated carbocycles. The number of hydrogen-bond donors (Lipinski definition) is 1. The number of rotatable bonds is 11. The monoisotopic (exact) mass is 493 g/mol. The highest BCUT2D eigenvalue weighted by molar-refractivity contribution is 7.92. The first kappa shape index (κ1) is 27.1. The van der Waals surface area contributed by atoms with Crippen molar-refractivity contribution in [2.24, 2.45) is 0 Å². The summed E-state index contributed by atoms with van der Waals surface area (Å²) < 4.78 is 44.6. The Labute approximate surface area is 200 Å². The van der Waals surface area contributed by atoms with Crippen molar-refractivity contribution in [3.05, 3.63) is 59.9 Å². The number of ether oxygens (including phenoxy) is 1. The van der Waals surface area contributed by atoms with Gasteiger partial charge in [-0.3, -0.25) is 13.9 Å². The lowest BCUT2D eigenvalue weighted by atomic mass is 10.1. The molecule has 1 N–H and O–H groups in total. The minimum atomic E-state index is -3.87. The second kappa shape index (κ2) is 11.8. The highest BCUT2D eigenvalue weighted by atomic mass is 32.2. The zero-order valence-electron chi connectivity index (χ0n) is 20.1. The molecule has 1 atom stereocenters. The predicted octanol–water partition coefficient (Wildman–Crippen LogP) is 2.93. The van der Waals surface area contributed by atoms with E-state index in [1.807, 2.05) is 13.8 Å². The van der Waals surface area contributed by atoms with E-state index >= 15 is 0 Å². The molecule has 2 rings (SSSR count). The van der Waals surface area contributed by atoms with Crippen LogP contribution in [0.3, 0.4) is 0 Å². The molecule has 2 aromatic carbocycles. The fraction of sp³-hybridized carbons (Fsp3) is 0.417. The van der Waals surface area contributed by atoms with Crippen molar-refractivity contribution in [2.45, 2.75) is 45.8 Å². The molecule has 0 radical (unpaired) electrons. The first-order chi connectivity index (χ1) is 16.0. The van der Waals surface area contributed by atoms with Crippen LogP contribution in [-0.4, -0.2) is 57.1 Å². The van der Waals surface area contributed by atoms with Crippen molar-refractivity contribution < 1.29 is 27.1 Å². The number of halogens is 1. The molecule has 0 heterocycles. The van der Waals surface area contributed by atoms with E-state index in [4.69, 9.17) is 4.74 Å². The third-order valence-corrected chi connectivity index (χ3v) is 6.24. The fourth-order valence-electron chi connectivity index (χ4n) is 3.49. The van der Waals surface area contributed by atoms with Gasteiger partial charge in [-0.05, 0) is 62.2 Å². The molecule has 0 fully saturated rings. The maximum Gasteiger partial charge on any atom is 0.244 e. The van der Waals surface area contributed by atoms with Gasteiger partial charge in [0.05, 0.1) is 19.1 Å². The molecular weight excluding hydrogens is 461 g/mol. The minimum Gasteiger partial charge on any atom is -0.497 e. The summed E-state index contributed by atoms with van der Waals surface area (Å²) in [6.07, 6.45) is 1.29. The minimum absolute atomic E-state index is 0.0705. The van der Waals surface area contributed by atoms with E-state index in [9.17, 15) is 22.4 Å². The van der Waals surface area contributed by atoms with Gasteiger partial charge in [-0.15, -0.1) is 0 Å². The number of nitrogens with zero attached hydrogens (tertiary/aromatic N) is 2. The summed E-state index contributed by atoms with van der Waals surface area (Å²) in [5, 5.41) is 2.83. The van der Waals surface area contributed by atoms with Gasteiger partial charge in [0.1, 0.15) is 24.2 Å². The van der Waals surface area contributed by atoms with Crippen molar-refractivity contribution in [1.29, 1.82) is 0 Å². The second-order valence-electron chi connectivity index (χ2n) is 8.21. The van der Waals surface area contributed by atoms with E-state index in [1.54, 1.807) is 31.2 Å². The van der Waals surface area contributed by atoms with E-state index < -0.39 is 34.3 Å². The zero-order valence-corrected chi connectivity index (χ0v) is 20.9. The third-order valence-electron chi connectivity index (χ3n) is 5.10. The molecule has 0 saturated heterocycles. The van der Waals surface area contributed by atoms with Gasteiger partial charge in [-0.1, -0.05) is 19.1 Å². The molecule has 2 aromatic rings. The van der Waals surface area contributed by atoms with Crippen LogP contribution < -0.4 is 14.4 Å². The summed E-state index contributed by atoms with van der Waals surface area (Å²) in [6, 6.07) is 10.9. The van der Waals surface area contributed by atoms with E-state index in [0.29, 0.717) is 12.2 Å². The van der Waals surface area contributed by atoms with E-state index in [1.165, 1.54) is 24.1 Å². The van der Waals surface area contributed by atoms with Crippen molar-refractivity contribution >= 4 is 27.5 Å². The van der Waals surface area contributed by atoms with Gasteiger partial charge in [-0.25, -0.2) is 12.8 Å². The summed E-state index contributed by atoms with van der Waals surface area (Å²) in [4.78, 5) is 27.8. The Bertz CT molecular complexity index is 1090. The fourth-order valence-corrected chi connectivity index (χ4v) is 4.34. The molecule has 0 aromatic heterocycles. The quantitative estimate of drug-likeness (QED) is 0.519. The van der Waals surface area contributed by atoms with Gasteiger partial charge in [0, 0.05) is 12.6 Å². The van der Waals surface area contributed by atoms with Gasteiger partial charge in [0.15, 0.2) is 0 Å². The van der Waals surface area contributed by atoms with E-state index in [-0.39, 0.29) is 24.2 Å². The molecule has 0 aliphatic rings. The molecule has 34 heavy (non-hydrogen) atoms. The Balaban J connectivity index is 2.44. The summed E-state index contributed by atoms with van der Waals surface area (Å²) in [7, 11) is -2.34. The van der Waals surface area contributed by atoms with Crippen LogP contribution in [0.15, 0.2) is 48.5 Å². The number of nitrogens with one attached hydrogen (secondary N) is 1. The van der Waals surface area contributed by atoms with Crippen LogP contribution in [-0.2, 0) is 26.2 Å². The molecule has 0 aliphatic carbocycles. The summed E-state index contributed by atoms with van der Waals surface area (Å²) >= 11 is 0. The molecule has 0 spiro atoms. The average Bonchev–Trinajstić information content (AvgIpc) is 2.76. The number of benzene rings is 2. The summed E-state index contributed by atoms with van der Waals surface area (Å²) in [6.45, 7) is 4.95. The highest BCUT2D eigenvalue weighted by Crippen LogP contribution is 2.21. The van der Waals surface area contributed by atoms with E-state index in [2.05, 4.69) is 5.32 Å². The lowest BCUT2D eigenvalue weighted by Gasteiger charge is -2.33. The Morgan fingerprint density at radius 3 is 2.29 bits per heavy atom. The second-order valence-corrected chi connectivity index (χ2v) is 10.1. The normalized spacial score (nSPS) is 12.2. The largest absolute Gasteiger partial charge is 0.497 e. The summed E-state index contributed by atoms with van der Waals surface area (Å²) in [5.74, 6) is -0.835. The average molecular weight is 494 g/mol.